The Morgan fingerprint density at radius 3 is 2.62 bits per heavy atom. The van der Waals surface area contributed by atoms with Crippen LogP contribution in [0, 0.1) is 9.12 Å². The molecule has 1 N–H and O–H groups in total. The summed E-state index contributed by atoms with van der Waals surface area (Å²) in [6, 6.07) is 4.27. The minimum Gasteiger partial charge on any atom is -0.369 e. The predicted molar refractivity (Wildman–Crippen MR) is 73.7 cm³/mol. The quantitative estimate of drug-likeness (QED) is 0.630. The molecule has 0 unspecified atom stereocenters. The lowest BCUT2D eigenvalue weighted by molar-refractivity contribution is 0.150. The van der Waals surface area contributed by atoms with Gasteiger partial charge in [0.15, 0.2) is 0 Å². The van der Waals surface area contributed by atoms with Gasteiger partial charge >= 0.3 is 0 Å². The first-order valence-corrected chi connectivity index (χ1v) is 6.93. The van der Waals surface area contributed by atoms with Crippen LogP contribution in [-0.2, 0) is 0 Å². The summed E-state index contributed by atoms with van der Waals surface area (Å²) in [7, 11) is 0. The number of piperidine rings is 1. The van der Waals surface area contributed by atoms with Gasteiger partial charge in [0, 0.05) is 18.5 Å². The summed E-state index contributed by atoms with van der Waals surface area (Å²) in [4.78, 5) is 6.80. The number of halogens is 1. The molecule has 0 amide bonds. The number of nitrogens with zero attached hydrogens (tertiary/aromatic N) is 2. The van der Waals surface area contributed by atoms with Crippen LogP contribution in [-0.4, -0.2) is 31.2 Å². The second-order valence-electron chi connectivity index (χ2n) is 4.95. The first kappa shape index (κ1) is 10.8. The van der Waals surface area contributed by atoms with Crippen molar-refractivity contribution in [2.45, 2.75) is 12.8 Å². The van der Waals surface area contributed by atoms with Gasteiger partial charge in [0.1, 0.15) is 3.70 Å². The van der Waals surface area contributed by atoms with Gasteiger partial charge in [-0.25, -0.2) is 4.98 Å². The van der Waals surface area contributed by atoms with E-state index in [1.54, 1.807) is 0 Å². The molecule has 3 nitrogen and oxygen atoms in total. The van der Waals surface area contributed by atoms with E-state index >= 15 is 0 Å². The fourth-order valence-corrected chi connectivity index (χ4v) is 3.09. The van der Waals surface area contributed by atoms with Crippen molar-refractivity contribution >= 4 is 28.3 Å². The monoisotopic (exact) mass is 329 g/mol. The summed E-state index contributed by atoms with van der Waals surface area (Å²) in [5.74, 6) is 0. The molecule has 2 aliphatic heterocycles. The van der Waals surface area contributed by atoms with Crippen molar-refractivity contribution in [1.82, 2.24) is 10.3 Å². The number of hydrogen-bond donors (Lipinski definition) is 1. The molecule has 1 spiro atoms. The molecule has 3 rings (SSSR count). The van der Waals surface area contributed by atoms with Crippen molar-refractivity contribution in [2.24, 2.45) is 5.41 Å². The van der Waals surface area contributed by atoms with E-state index in [-0.39, 0.29) is 0 Å². The predicted octanol–water partition coefficient (Wildman–Crippen LogP) is 1.88. The van der Waals surface area contributed by atoms with Crippen molar-refractivity contribution in [3.8, 4) is 0 Å². The number of hydrogen-bond acceptors (Lipinski definition) is 3. The van der Waals surface area contributed by atoms with Crippen LogP contribution in [0.2, 0.25) is 0 Å². The van der Waals surface area contributed by atoms with Gasteiger partial charge < -0.3 is 10.2 Å². The topological polar surface area (TPSA) is 28.2 Å². The lowest BCUT2D eigenvalue weighted by atomic mass is 9.72. The van der Waals surface area contributed by atoms with Gasteiger partial charge in [-0.1, -0.05) is 0 Å². The van der Waals surface area contributed by atoms with Crippen molar-refractivity contribution in [3.63, 3.8) is 0 Å². The van der Waals surface area contributed by atoms with Gasteiger partial charge in [-0.05, 0) is 60.7 Å². The maximum Gasteiger partial charge on any atom is 0.101 e. The van der Waals surface area contributed by atoms with Crippen LogP contribution in [0.4, 0.5) is 5.69 Å². The lowest BCUT2D eigenvalue weighted by Crippen LogP contribution is -2.60. The highest BCUT2D eigenvalue weighted by atomic mass is 127. The first-order valence-electron chi connectivity index (χ1n) is 5.85. The lowest BCUT2D eigenvalue weighted by Gasteiger charge is -2.53. The Hall–Kier alpha value is -0.360. The third kappa shape index (κ3) is 1.93. The Morgan fingerprint density at radius 1 is 1.25 bits per heavy atom. The van der Waals surface area contributed by atoms with E-state index in [1.165, 1.54) is 44.7 Å². The molecule has 0 saturated carbocycles. The average Bonchev–Trinajstić information content (AvgIpc) is 2.28. The standard InChI is InChI=1S/C12H16IN3/c13-11-2-1-10(7-15-11)16-8-12(9-16)3-5-14-6-4-12/h1-2,7,14H,3-6,8-9H2. The average molecular weight is 329 g/mol. The molecule has 0 radical (unpaired) electrons. The normalized spacial score (nSPS) is 23.2. The van der Waals surface area contributed by atoms with E-state index in [1.807, 2.05) is 6.20 Å². The number of nitrogens with one attached hydrogen (secondary N) is 1. The number of anilines is 1. The minimum atomic E-state index is 0.605. The van der Waals surface area contributed by atoms with Crippen molar-refractivity contribution in [3.05, 3.63) is 22.0 Å². The van der Waals surface area contributed by atoms with E-state index in [4.69, 9.17) is 0 Å². The maximum atomic E-state index is 4.35. The second-order valence-corrected chi connectivity index (χ2v) is 6.05. The van der Waals surface area contributed by atoms with Crippen molar-refractivity contribution in [1.29, 1.82) is 0 Å². The van der Waals surface area contributed by atoms with Crippen LogP contribution >= 0.6 is 22.6 Å². The summed E-state index contributed by atoms with van der Waals surface area (Å²) in [6.45, 7) is 4.82. The zero-order valence-corrected chi connectivity index (χ0v) is 11.4. The van der Waals surface area contributed by atoms with Crippen LogP contribution in [0.3, 0.4) is 0 Å². The highest BCUT2D eigenvalue weighted by molar-refractivity contribution is 14.1. The van der Waals surface area contributed by atoms with Gasteiger partial charge in [0.05, 0.1) is 11.9 Å². The molecule has 0 atom stereocenters. The van der Waals surface area contributed by atoms with Crippen LogP contribution < -0.4 is 10.2 Å². The molecular formula is C12H16IN3. The van der Waals surface area contributed by atoms with E-state index < -0.39 is 0 Å². The smallest absolute Gasteiger partial charge is 0.101 e. The van der Waals surface area contributed by atoms with Crippen LogP contribution in [0.1, 0.15) is 12.8 Å². The van der Waals surface area contributed by atoms with E-state index in [0.717, 1.165) is 3.70 Å². The van der Waals surface area contributed by atoms with Crippen molar-refractivity contribution < 1.29 is 0 Å². The van der Waals surface area contributed by atoms with Gasteiger partial charge in [0.25, 0.3) is 0 Å². The summed E-state index contributed by atoms with van der Waals surface area (Å²) in [5.41, 5.74) is 1.89. The molecule has 0 bridgehead atoms. The van der Waals surface area contributed by atoms with E-state index in [0.29, 0.717) is 5.41 Å². The SMILES string of the molecule is Ic1ccc(N2CC3(CCNCC3)C2)cn1. The summed E-state index contributed by atoms with van der Waals surface area (Å²) < 4.78 is 1.07. The molecule has 1 aromatic heterocycles. The molecule has 0 aliphatic carbocycles. The Morgan fingerprint density at radius 2 is 2.00 bits per heavy atom. The fraction of sp³-hybridized carbons (Fsp3) is 0.583. The van der Waals surface area contributed by atoms with Crippen LogP contribution in [0.15, 0.2) is 18.3 Å². The molecule has 1 aromatic rings. The molecule has 2 aliphatic rings. The summed E-state index contributed by atoms with van der Waals surface area (Å²) >= 11 is 2.25. The van der Waals surface area contributed by atoms with Gasteiger partial charge in [-0.3, -0.25) is 0 Å². The first-order chi connectivity index (χ1) is 7.77. The van der Waals surface area contributed by atoms with Gasteiger partial charge in [-0.15, -0.1) is 0 Å². The van der Waals surface area contributed by atoms with E-state index in [2.05, 4.69) is 49.9 Å². The molecule has 86 valence electrons. The minimum absolute atomic E-state index is 0.605. The second kappa shape index (κ2) is 4.14. The fourth-order valence-electron chi connectivity index (χ4n) is 2.77. The van der Waals surface area contributed by atoms with Crippen molar-refractivity contribution in [2.75, 3.05) is 31.1 Å². The molecular weight excluding hydrogens is 313 g/mol. The Kier molecular flexibility index (Phi) is 2.79. The summed E-state index contributed by atoms with van der Waals surface area (Å²) in [5, 5.41) is 3.44. The number of rotatable bonds is 1. The highest BCUT2D eigenvalue weighted by Crippen LogP contribution is 2.40. The van der Waals surface area contributed by atoms with Gasteiger partial charge in [-0.2, -0.15) is 0 Å². The van der Waals surface area contributed by atoms with Crippen LogP contribution in [0.5, 0.6) is 0 Å². The van der Waals surface area contributed by atoms with Gasteiger partial charge in [0.2, 0.25) is 0 Å². The maximum absolute atomic E-state index is 4.35. The molecule has 2 fully saturated rings. The molecule has 3 heterocycles. The van der Waals surface area contributed by atoms with Crippen LogP contribution in [0.25, 0.3) is 0 Å². The zero-order valence-electron chi connectivity index (χ0n) is 9.25. The largest absolute Gasteiger partial charge is 0.369 e. The molecule has 2 saturated heterocycles. The summed E-state index contributed by atoms with van der Waals surface area (Å²) in [6.07, 6.45) is 4.66. The molecule has 16 heavy (non-hydrogen) atoms. The Balaban J connectivity index is 1.66. The molecule has 0 aromatic carbocycles. The third-order valence-corrected chi connectivity index (χ3v) is 4.43. The highest BCUT2D eigenvalue weighted by Gasteiger charge is 2.43. The number of pyridine rings is 1. The third-order valence-electron chi connectivity index (χ3n) is 3.79. The number of aromatic nitrogens is 1. The Labute approximate surface area is 110 Å². The molecule has 4 heteroatoms. The zero-order chi connectivity index (χ0) is 11.0. The Bertz CT molecular complexity index is 362. The van der Waals surface area contributed by atoms with E-state index in [9.17, 15) is 0 Å².